The van der Waals surface area contributed by atoms with Gasteiger partial charge < -0.3 is 10.4 Å². The molecule has 1 unspecified atom stereocenters. The fraction of sp³-hybridized carbons (Fsp3) is 0.533. The Morgan fingerprint density at radius 2 is 1.79 bits per heavy atom. The Morgan fingerprint density at radius 1 is 1.26 bits per heavy atom. The highest BCUT2D eigenvalue weighted by Gasteiger charge is 2.25. The molecule has 4 heteroatoms. The molecule has 1 atom stereocenters. The predicted molar refractivity (Wildman–Crippen MR) is 75.8 cm³/mol. The number of carbonyl (C=O) groups is 1. The number of rotatable bonds is 3. The molecule has 0 saturated carbocycles. The normalized spacial score (nSPS) is 18.3. The van der Waals surface area contributed by atoms with Crippen LogP contribution in [0, 0.1) is 13.8 Å². The molecule has 0 radical (unpaired) electrons. The average Bonchev–Trinajstić information content (AvgIpc) is 2.37. The van der Waals surface area contributed by atoms with Crippen molar-refractivity contribution < 1.29 is 9.90 Å². The number of carbonyl (C=O) groups excluding carboxylic acids is 1. The minimum Gasteiger partial charge on any atom is -0.508 e. The molecule has 1 aromatic carbocycles. The minimum atomic E-state index is -0.107. The summed E-state index contributed by atoms with van der Waals surface area (Å²) < 4.78 is 0. The SMILES string of the molecule is Cc1cc(O)cc(C)c1C(=O)C(C)N1CCNCC1. The van der Waals surface area contributed by atoms with Gasteiger partial charge in [0.15, 0.2) is 5.78 Å². The Morgan fingerprint density at radius 3 is 2.32 bits per heavy atom. The van der Waals surface area contributed by atoms with Crippen LogP contribution >= 0.6 is 0 Å². The zero-order valence-electron chi connectivity index (χ0n) is 11.9. The highest BCUT2D eigenvalue weighted by molar-refractivity contribution is 6.02. The molecule has 2 N–H and O–H groups in total. The molecule has 0 amide bonds. The smallest absolute Gasteiger partial charge is 0.180 e. The third-order valence-electron chi connectivity index (χ3n) is 3.84. The summed E-state index contributed by atoms with van der Waals surface area (Å²) >= 11 is 0. The number of hydrogen-bond acceptors (Lipinski definition) is 4. The molecule has 19 heavy (non-hydrogen) atoms. The van der Waals surface area contributed by atoms with Crippen molar-refractivity contribution in [2.24, 2.45) is 0 Å². The number of benzene rings is 1. The molecule has 0 aromatic heterocycles. The van der Waals surface area contributed by atoms with Crippen LogP contribution < -0.4 is 5.32 Å². The van der Waals surface area contributed by atoms with Gasteiger partial charge in [-0.1, -0.05) is 0 Å². The largest absolute Gasteiger partial charge is 0.508 e. The quantitative estimate of drug-likeness (QED) is 0.810. The summed E-state index contributed by atoms with van der Waals surface area (Å²) in [5.74, 6) is 0.373. The molecule has 0 bridgehead atoms. The van der Waals surface area contributed by atoms with Gasteiger partial charge in [-0.15, -0.1) is 0 Å². The number of aryl methyl sites for hydroxylation is 2. The van der Waals surface area contributed by atoms with Crippen LogP contribution in [0.15, 0.2) is 12.1 Å². The highest BCUT2D eigenvalue weighted by Crippen LogP contribution is 2.23. The topological polar surface area (TPSA) is 52.6 Å². The Kier molecular flexibility index (Phi) is 4.22. The number of Topliss-reactive ketones (excluding diaryl/α,β-unsaturated/α-hetero) is 1. The first kappa shape index (κ1) is 14.0. The van der Waals surface area contributed by atoms with Gasteiger partial charge in [-0.2, -0.15) is 0 Å². The van der Waals surface area contributed by atoms with Crippen LogP contribution in [0.5, 0.6) is 5.75 Å². The van der Waals surface area contributed by atoms with Crippen molar-refractivity contribution in [3.8, 4) is 5.75 Å². The lowest BCUT2D eigenvalue weighted by molar-refractivity contribution is 0.0819. The number of piperazine rings is 1. The average molecular weight is 262 g/mol. The van der Waals surface area contributed by atoms with E-state index in [0.717, 1.165) is 42.9 Å². The van der Waals surface area contributed by atoms with E-state index < -0.39 is 0 Å². The zero-order valence-corrected chi connectivity index (χ0v) is 11.9. The third kappa shape index (κ3) is 2.96. The Balaban J connectivity index is 2.23. The number of aromatic hydroxyl groups is 1. The molecule has 1 aliphatic rings. The van der Waals surface area contributed by atoms with E-state index >= 15 is 0 Å². The van der Waals surface area contributed by atoms with E-state index in [0.29, 0.717) is 0 Å². The molecule has 1 heterocycles. The van der Waals surface area contributed by atoms with Gasteiger partial charge in [0.2, 0.25) is 0 Å². The van der Waals surface area contributed by atoms with Gasteiger partial charge in [-0.25, -0.2) is 0 Å². The fourth-order valence-corrected chi connectivity index (χ4v) is 2.77. The summed E-state index contributed by atoms with van der Waals surface area (Å²) in [4.78, 5) is 14.9. The van der Waals surface area contributed by atoms with Crippen molar-refractivity contribution in [3.63, 3.8) is 0 Å². The monoisotopic (exact) mass is 262 g/mol. The standard InChI is InChI=1S/C15H22N2O2/c1-10-8-13(18)9-11(2)14(10)15(19)12(3)17-6-4-16-5-7-17/h8-9,12,16,18H,4-7H2,1-3H3. The van der Waals surface area contributed by atoms with Crippen molar-refractivity contribution in [2.45, 2.75) is 26.8 Å². The number of nitrogens with one attached hydrogen (secondary N) is 1. The van der Waals surface area contributed by atoms with Crippen LogP contribution in [0.2, 0.25) is 0 Å². The molecule has 4 nitrogen and oxygen atoms in total. The molecule has 1 aromatic rings. The van der Waals surface area contributed by atoms with Gasteiger partial charge in [0.05, 0.1) is 6.04 Å². The van der Waals surface area contributed by atoms with Crippen LogP contribution in [0.4, 0.5) is 0 Å². The molecular weight excluding hydrogens is 240 g/mol. The van der Waals surface area contributed by atoms with Crippen LogP contribution in [-0.4, -0.2) is 48.0 Å². The van der Waals surface area contributed by atoms with Crippen LogP contribution in [0.1, 0.15) is 28.4 Å². The first-order valence-corrected chi connectivity index (χ1v) is 6.80. The maximum absolute atomic E-state index is 12.7. The number of ketones is 1. The maximum atomic E-state index is 12.7. The predicted octanol–water partition coefficient (Wildman–Crippen LogP) is 1.49. The summed E-state index contributed by atoms with van der Waals surface area (Å²) in [7, 11) is 0. The fourth-order valence-electron chi connectivity index (χ4n) is 2.77. The summed E-state index contributed by atoms with van der Waals surface area (Å²) in [6.07, 6.45) is 0. The molecule has 1 fully saturated rings. The number of phenolic OH excluding ortho intramolecular Hbond substituents is 1. The van der Waals surface area contributed by atoms with Crippen molar-refractivity contribution in [1.82, 2.24) is 10.2 Å². The van der Waals surface area contributed by atoms with Crippen LogP contribution in [0.3, 0.4) is 0 Å². The van der Waals surface area contributed by atoms with E-state index in [1.165, 1.54) is 0 Å². The molecule has 2 rings (SSSR count). The summed E-state index contributed by atoms with van der Waals surface area (Å²) in [6, 6.07) is 3.21. The lowest BCUT2D eigenvalue weighted by atomic mass is 9.94. The van der Waals surface area contributed by atoms with Crippen molar-refractivity contribution in [3.05, 3.63) is 28.8 Å². The van der Waals surface area contributed by atoms with Crippen LogP contribution in [-0.2, 0) is 0 Å². The van der Waals surface area contributed by atoms with Crippen molar-refractivity contribution in [2.75, 3.05) is 26.2 Å². The van der Waals surface area contributed by atoms with E-state index in [1.807, 2.05) is 20.8 Å². The van der Waals surface area contributed by atoms with Gasteiger partial charge >= 0.3 is 0 Å². The molecule has 104 valence electrons. The van der Waals surface area contributed by atoms with Gasteiger partial charge in [-0.3, -0.25) is 9.69 Å². The lowest BCUT2D eigenvalue weighted by Crippen LogP contribution is -2.50. The Bertz CT molecular complexity index is 456. The molecule has 1 aliphatic heterocycles. The second kappa shape index (κ2) is 5.72. The van der Waals surface area contributed by atoms with E-state index in [9.17, 15) is 9.90 Å². The number of nitrogens with zero attached hydrogens (tertiary/aromatic N) is 1. The second-order valence-electron chi connectivity index (χ2n) is 5.28. The lowest BCUT2D eigenvalue weighted by Gasteiger charge is -2.32. The molecule has 0 spiro atoms. The highest BCUT2D eigenvalue weighted by atomic mass is 16.3. The summed E-state index contributed by atoms with van der Waals surface area (Å²) in [6.45, 7) is 9.41. The third-order valence-corrected chi connectivity index (χ3v) is 3.84. The first-order valence-electron chi connectivity index (χ1n) is 6.80. The Labute approximate surface area is 114 Å². The van der Waals surface area contributed by atoms with Gasteiger partial charge in [-0.05, 0) is 44.0 Å². The number of hydrogen-bond donors (Lipinski definition) is 2. The summed E-state index contributed by atoms with van der Waals surface area (Å²) in [5.41, 5.74) is 2.46. The molecule has 1 saturated heterocycles. The molecular formula is C15H22N2O2. The zero-order chi connectivity index (χ0) is 14.0. The summed E-state index contributed by atoms with van der Waals surface area (Å²) in [5, 5.41) is 12.8. The van der Waals surface area contributed by atoms with E-state index in [1.54, 1.807) is 12.1 Å². The van der Waals surface area contributed by atoms with Gasteiger partial charge in [0.1, 0.15) is 5.75 Å². The minimum absolute atomic E-state index is 0.107. The molecule has 0 aliphatic carbocycles. The van der Waals surface area contributed by atoms with Crippen molar-refractivity contribution >= 4 is 5.78 Å². The number of phenols is 1. The van der Waals surface area contributed by atoms with E-state index in [-0.39, 0.29) is 17.6 Å². The maximum Gasteiger partial charge on any atom is 0.180 e. The van der Waals surface area contributed by atoms with Crippen LogP contribution in [0.25, 0.3) is 0 Å². The Hall–Kier alpha value is -1.39. The first-order chi connectivity index (χ1) is 9.00. The van der Waals surface area contributed by atoms with Crippen molar-refractivity contribution in [1.29, 1.82) is 0 Å². The van der Waals surface area contributed by atoms with Gasteiger partial charge in [0, 0.05) is 31.7 Å². The second-order valence-corrected chi connectivity index (χ2v) is 5.28. The van der Waals surface area contributed by atoms with Gasteiger partial charge in [0.25, 0.3) is 0 Å². The van der Waals surface area contributed by atoms with E-state index in [4.69, 9.17) is 0 Å². The van der Waals surface area contributed by atoms with E-state index in [2.05, 4.69) is 10.2 Å².